The first kappa shape index (κ1) is 30.3. The van der Waals surface area contributed by atoms with Crippen LogP contribution in [-0.2, 0) is 22.3 Å². The number of alkyl halides is 3. The molecule has 1 aromatic rings. The van der Waals surface area contributed by atoms with Crippen molar-refractivity contribution in [2.75, 3.05) is 26.2 Å². The number of aliphatic hydroxyl groups is 1. The Kier molecular flexibility index (Phi) is 10.3. The SMILES string of the molecule is C=C/C=C(\CC(C)N(CCO)Cc1cc(F)cc(C(F)(F)F)c1)C(=O)NC1CN(C(=O)OC(C)(C)C)C1. The van der Waals surface area contributed by atoms with E-state index in [0.29, 0.717) is 24.7 Å². The van der Waals surface area contributed by atoms with Gasteiger partial charge in [0.2, 0.25) is 5.91 Å². The van der Waals surface area contributed by atoms with E-state index in [9.17, 15) is 32.3 Å². The quantitative estimate of drug-likeness (QED) is 0.269. The zero-order valence-electron chi connectivity index (χ0n) is 21.6. The predicted molar refractivity (Wildman–Crippen MR) is 131 cm³/mol. The lowest BCUT2D eigenvalue weighted by atomic mass is 10.0. The number of allylic oxidation sites excluding steroid dienone is 2. The van der Waals surface area contributed by atoms with Crippen LogP contribution in [0.3, 0.4) is 0 Å². The number of nitrogens with zero attached hydrogens (tertiary/aromatic N) is 2. The van der Waals surface area contributed by atoms with Gasteiger partial charge in [0.15, 0.2) is 0 Å². The maximum atomic E-state index is 13.9. The van der Waals surface area contributed by atoms with Crippen LogP contribution >= 0.6 is 0 Å². The summed E-state index contributed by atoms with van der Waals surface area (Å²) in [6, 6.07) is 1.68. The topological polar surface area (TPSA) is 82.1 Å². The minimum Gasteiger partial charge on any atom is -0.444 e. The van der Waals surface area contributed by atoms with Crippen LogP contribution < -0.4 is 5.32 Å². The standard InChI is InChI=1S/C26H35F4N3O4/c1-6-7-19(23(35)31-22-15-33(16-22)24(36)37-25(3,4)5)10-17(2)32(8-9-34)14-18-11-20(26(28,29)30)13-21(27)12-18/h6-7,11-13,17,22,34H,1,8-10,14-16H2,2-5H3,(H,31,35)/b19-7+. The lowest BCUT2D eigenvalue weighted by molar-refractivity contribution is -0.137. The molecule has 2 N–H and O–H groups in total. The molecule has 0 aromatic heterocycles. The average Bonchev–Trinajstić information content (AvgIpc) is 2.72. The van der Waals surface area contributed by atoms with Crippen molar-refractivity contribution in [1.29, 1.82) is 0 Å². The number of benzene rings is 1. The highest BCUT2D eigenvalue weighted by Crippen LogP contribution is 2.31. The molecule has 1 saturated heterocycles. The second kappa shape index (κ2) is 12.6. The van der Waals surface area contributed by atoms with E-state index in [1.54, 1.807) is 32.6 Å². The Balaban J connectivity index is 2.03. The molecule has 1 heterocycles. The van der Waals surface area contributed by atoms with Gasteiger partial charge in [-0.25, -0.2) is 9.18 Å². The Bertz CT molecular complexity index is 999. The number of hydrogen-bond donors (Lipinski definition) is 2. The highest BCUT2D eigenvalue weighted by atomic mass is 19.4. The van der Waals surface area contributed by atoms with Gasteiger partial charge in [-0.3, -0.25) is 9.69 Å². The first-order valence-corrected chi connectivity index (χ1v) is 11.9. The molecule has 1 atom stereocenters. The van der Waals surface area contributed by atoms with Gasteiger partial charge in [-0.05, 0) is 57.9 Å². The second-order valence-electron chi connectivity index (χ2n) is 10.1. The summed E-state index contributed by atoms with van der Waals surface area (Å²) in [6.45, 7) is 11.1. The van der Waals surface area contributed by atoms with E-state index in [-0.39, 0.29) is 49.7 Å². The summed E-state index contributed by atoms with van der Waals surface area (Å²) in [4.78, 5) is 28.2. The average molecular weight is 530 g/mol. The molecule has 1 aliphatic rings. The number of carbonyl (C=O) groups excluding carboxylic acids is 2. The third kappa shape index (κ3) is 9.47. The van der Waals surface area contributed by atoms with Crippen molar-refractivity contribution in [3.8, 4) is 0 Å². The van der Waals surface area contributed by atoms with E-state index in [4.69, 9.17) is 4.74 Å². The molecular weight excluding hydrogens is 494 g/mol. The number of aliphatic hydroxyl groups excluding tert-OH is 1. The van der Waals surface area contributed by atoms with E-state index >= 15 is 0 Å². The van der Waals surface area contributed by atoms with Gasteiger partial charge in [0.1, 0.15) is 11.4 Å². The van der Waals surface area contributed by atoms with Crippen molar-refractivity contribution in [1.82, 2.24) is 15.1 Å². The predicted octanol–water partition coefficient (Wildman–Crippen LogP) is 4.27. The molecule has 2 rings (SSSR count). The Morgan fingerprint density at radius 3 is 2.46 bits per heavy atom. The summed E-state index contributed by atoms with van der Waals surface area (Å²) in [6.07, 6.45) is -1.96. The largest absolute Gasteiger partial charge is 0.444 e. The van der Waals surface area contributed by atoms with Crippen LogP contribution in [0.4, 0.5) is 22.4 Å². The molecule has 0 bridgehead atoms. The van der Waals surface area contributed by atoms with Crippen LogP contribution in [0, 0.1) is 5.82 Å². The molecule has 0 aliphatic carbocycles. The van der Waals surface area contributed by atoms with Crippen molar-refractivity contribution in [2.45, 2.75) is 64.5 Å². The maximum Gasteiger partial charge on any atom is 0.416 e. The molecule has 0 radical (unpaired) electrons. The van der Waals surface area contributed by atoms with Crippen molar-refractivity contribution < 1.29 is 37.0 Å². The van der Waals surface area contributed by atoms with Gasteiger partial charge in [-0.15, -0.1) is 0 Å². The summed E-state index contributed by atoms with van der Waals surface area (Å²) in [5, 5.41) is 12.4. The molecule has 1 aromatic carbocycles. The number of ether oxygens (including phenoxy) is 1. The van der Waals surface area contributed by atoms with Crippen molar-refractivity contribution in [3.05, 3.63) is 59.4 Å². The zero-order chi connectivity index (χ0) is 28.0. The van der Waals surface area contributed by atoms with Crippen molar-refractivity contribution in [2.24, 2.45) is 0 Å². The first-order chi connectivity index (χ1) is 17.1. The fraction of sp³-hybridized carbons (Fsp3) is 0.538. The number of likely N-dealkylation sites (tertiary alicyclic amines) is 1. The maximum absolute atomic E-state index is 13.9. The zero-order valence-corrected chi connectivity index (χ0v) is 21.6. The Morgan fingerprint density at radius 2 is 1.92 bits per heavy atom. The Labute approximate surface area is 214 Å². The van der Waals surface area contributed by atoms with Crippen LogP contribution in [-0.4, -0.2) is 70.8 Å². The molecule has 1 aliphatic heterocycles. The molecule has 11 heteroatoms. The monoisotopic (exact) mass is 529 g/mol. The van der Waals surface area contributed by atoms with E-state index in [1.807, 2.05) is 0 Å². The van der Waals surface area contributed by atoms with E-state index < -0.39 is 29.3 Å². The van der Waals surface area contributed by atoms with Gasteiger partial charge in [0.05, 0.1) is 18.2 Å². The first-order valence-electron chi connectivity index (χ1n) is 11.9. The lowest BCUT2D eigenvalue weighted by Gasteiger charge is -2.40. The fourth-order valence-electron chi connectivity index (χ4n) is 3.87. The van der Waals surface area contributed by atoms with Crippen LogP contribution in [0.5, 0.6) is 0 Å². The van der Waals surface area contributed by atoms with E-state index in [1.165, 1.54) is 17.1 Å². The molecule has 0 spiro atoms. The van der Waals surface area contributed by atoms with Gasteiger partial charge in [0.25, 0.3) is 0 Å². The highest BCUT2D eigenvalue weighted by Gasteiger charge is 2.35. The third-order valence-electron chi connectivity index (χ3n) is 5.68. The molecular formula is C26H35F4N3O4. The molecule has 206 valence electrons. The Morgan fingerprint density at radius 1 is 1.27 bits per heavy atom. The van der Waals surface area contributed by atoms with E-state index in [0.717, 1.165) is 12.1 Å². The molecule has 0 saturated carbocycles. The minimum absolute atomic E-state index is 0.0565. The van der Waals surface area contributed by atoms with Gasteiger partial charge in [-0.2, -0.15) is 13.2 Å². The number of carbonyl (C=O) groups is 2. The molecule has 1 unspecified atom stereocenters. The van der Waals surface area contributed by atoms with Gasteiger partial charge in [0, 0.05) is 37.8 Å². The molecule has 1 fully saturated rings. The van der Waals surface area contributed by atoms with Gasteiger partial charge >= 0.3 is 12.3 Å². The lowest BCUT2D eigenvalue weighted by Crippen LogP contribution is -2.61. The number of rotatable bonds is 10. The number of hydrogen-bond acceptors (Lipinski definition) is 5. The minimum atomic E-state index is -4.69. The van der Waals surface area contributed by atoms with Crippen LogP contribution in [0.1, 0.15) is 45.2 Å². The summed E-state index contributed by atoms with van der Waals surface area (Å²) >= 11 is 0. The van der Waals surface area contributed by atoms with Gasteiger partial charge in [-0.1, -0.05) is 18.7 Å². The number of nitrogens with one attached hydrogen (secondary N) is 1. The van der Waals surface area contributed by atoms with E-state index in [2.05, 4.69) is 11.9 Å². The summed E-state index contributed by atoms with van der Waals surface area (Å²) in [7, 11) is 0. The highest BCUT2D eigenvalue weighted by molar-refractivity contribution is 5.94. The summed E-state index contributed by atoms with van der Waals surface area (Å²) in [5.74, 6) is -1.37. The Hall–Kier alpha value is -2.92. The number of halogens is 4. The number of amides is 2. The summed E-state index contributed by atoms with van der Waals surface area (Å²) in [5.41, 5.74) is -1.24. The molecule has 7 nitrogen and oxygen atoms in total. The smallest absolute Gasteiger partial charge is 0.416 e. The summed E-state index contributed by atoms with van der Waals surface area (Å²) < 4.78 is 58.5. The molecule has 2 amide bonds. The van der Waals surface area contributed by atoms with Crippen LogP contribution in [0.2, 0.25) is 0 Å². The second-order valence-corrected chi connectivity index (χ2v) is 10.1. The fourth-order valence-corrected chi connectivity index (χ4v) is 3.87. The molecule has 37 heavy (non-hydrogen) atoms. The van der Waals surface area contributed by atoms with Gasteiger partial charge < -0.3 is 20.1 Å². The van der Waals surface area contributed by atoms with Crippen LogP contribution in [0.25, 0.3) is 0 Å². The van der Waals surface area contributed by atoms with Crippen molar-refractivity contribution in [3.63, 3.8) is 0 Å². The normalized spacial score (nSPS) is 15.8. The van der Waals surface area contributed by atoms with Crippen molar-refractivity contribution >= 4 is 12.0 Å². The van der Waals surface area contributed by atoms with Crippen LogP contribution in [0.15, 0.2) is 42.5 Å². The third-order valence-corrected chi connectivity index (χ3v) is 5.68.